The lowest BCUT2D eigenvalue weighted by atomic mass is 10.5. The molecule has 0 aromatic carbocycles. The fourth-order valence-electron chi connectivity index (χ4n) is 0.532. The van der Waals surface area contributed by atoms with Crippen molar-refractivity contribution in [1.29, 1.82) is 0 Å². The predicted octanol–water partition coefficient (Wildman–Crippen LogP) is 3.32. The van der Waals surface area contributed by atoms with Crippen LogP contribution in [0.2, 0.25) is 0 Å². The highest BCUT2D eigenvalue weighted by Gasteiger charge is 2.10. The molecule has 0 aliphatic heterocycles. The summed E-state index contributed by atoms with van der Waals surface area (Å²) in [5.74, 6) is -0.290. The zero-order valence-corrected chi connectivity index (χ0v) is 9.66. The normalized spacial score (nSPS) is 8.33. The van der Waals surface area contributed by atoms with Gasteiger partial charge in [0.1, 0.15) is 4.88 Å². The van der Waals surface area contributed by atoms with Gasteiger partial charge in [-0.1, -0.05) is 13.8 Å². The van der Waals surface area contributed by atoms with Crippen molar-refractivity contribution in [3.8, 4) is 0 Å². The van der Waals surface area contributed by atoms with E-state index in [1.165, 1.54) is 18.4 Å². The molecule has 0 aliphatic rings. The van der Waals surface area contributed by atoms with Crippen molar-refractivity contribution in [3.63, 3.8) is 0 Å². The van der Waals surface area contributed by atoms with Crippen LogP contribution in [0.3, 0.4) is 0 Å². The highest BCUT2D eigenvalue weighted by molar-refractivity contribution is 9.10. The fourth-order valence-corrected chi connectivity index (χ4v) is 1.98. The molecular formula is C8H11BrO2S. The van der Waals surface area contributed by atoms with E-state index in [9.17, 15) is 4.79 Å². The summed E-state index contributed by atoms with van der Waals surface area (Å²) >= 11 is 4.58. The first-order chi connectivity index (χ1) is 5.75. The Morgan fingerprint density at radius 3 is 2.50 bits per heavy atom. The molecule has 0 saturated carbocycles. The number of ether oxygens (including phenoxy) is 1. The average Bonchev–Trinajstić information content (AvgIpc) is 2.54. The number of rotatable bonds is 1. The van der Waals surface area contributed by atoms with Gasteiger partial charge in [0.15, 0.2) is 0 Å². The largest absolute Gasteiger partial charge is 0.465 e. The van der Waals surface area contributed by atoms with Gasteiger partial charge in [-0.05, 0) is 27.4 Å². The molecule has 1 aromatic heterocycles. The van der Waals surface area contributed by atoms with Crippen molar-refractivity contribution in [2.45, 2.75) is 13.8 Å². The highest BCUT2D eigenvalue weighted by atomic mass is 79.9. The second-order valence-corrected chi connectivity index (χ2v) is 3.36. The number of thiophene rings is 1. The monoisotopic (exact) mass is 250 g/mol. The Morgan fingerprint density at radius 2 is 2.17 bits per heavy atom. The van der Waals surface area contributed by atoms with Crippen LogP contribution < -0.4 is 0 Å². The zero-order chi connectivity index (χ0) is 9.56. The molecular weight excluding hydrogens is 240 g/mol. The molecule has 12 heavy (non-hydrogen) atoms. The molecule has 1 rings (SSSR count). The van der Waals surface area contributed by atoms with Crippen LogP contribution in [0.1, 0.15) is 23.5 Å². The first kappa shape index (κ1) is 11.6. The Morgan fingerprint density at radius 1 is 1.58 bits per heavy atom. The molecule has 0 spiro atoms. The first-order valence-electron chi connectivity index (χ1n) is 3.57. The van der Waals surface area contributed by atoms with Crippen LogP contribution in [0.25, 0.3) is 0 Å². The third kappa shape index (κ3) is 2.95. The molecule has 0 saturated heterocycles. The molecule has 0 bridgehead atoms. The lowest BCUT2D eigenvalue weighted by Gasteiger charge is -1.93. The van der Waals surface area contributed by atoms with Gasteiger partial charge in [-0.25, -0.2) is 4.79 Å². The quantitative estimate of drug-likeness (QED) is 0.715. The molecule has 68 valence electrons. The minimum atomic E-state index is -0.290. The number of esters is 1. The van der Waals surface area contributed by atoms with Crippen molar-refractivity contribution in [2.75, 3.05) is 7.11 Å². The van der Waals surface area contributed by atoms with Gasteiger partial charge in [-0.3, -0.25) is 0 Å². The average molecular weight is 251 g/mol. The zero-order valence-electron chi connectivity index (χ0n) is 7.26. The fraction of sp³-hybridized carbons (Fsp3) is 0.375. The van der Waals surface area contributed by atoms with Gasteiger partial charge in [0.05, 0.1) is 7.11 Å². The predicted molar refractivity (Wildman–Crippen MR) is 54.7 cm³/mol. The van der Waals surface area contributed by atoms with Gasteiger partial charge in [0.2, 0.25) is 0 Å². The summed E-state index contributed by atoms with van der Waals surface area (Å²) < 4.78 is 5.31. The van der Waals surface area contributed by atoms with Crippen molar-refractivity contribution in [3.05, 3.63) is 20.8 Å². The number of carbonyl (C=O) groups excluding carboxylic acids is 1. The van der Waals surface area contributed by atoms with Crippen LogP contribution in [0, 0.1) is 0 Å². The van der Waals surface area contributed by atoms with Crippen LogP contribution in [0.4, 0.5) is 0 Å². The van der Waals surface area contributed by atoms with Crippen molar-refractivity contribution < 1.29 is 9.53 Å². The standard InChI is InChI=1S/C6H5BrO2S.C2H6/c1-9-6(8)5-4(7)2-3-10-5;1-2/h2-3H,1H3;1-2H3. The van der Waals surface area contributed by atoms with E-state index in [0.717, 1.165) is 4.47 Å². The van der Waals surface area contributed by atoms with Crippen molar-refractivity contribution in [1.82, 2.24) is 0 Å². The van der Waals surface area contributed by atoms with Gasteiger partial charge in [-0.15, -0.1) is 11.3 Å². The Labute approximate surface area is 84.7 Å². The minimum Gasteiger partial charge on any atom is -0.465 e. The molecule has 0 atom stereocenters. The second-order valence-electron chi connectivity index (χ2n) is 1.59. The summed E-state index contributed by atoms with van der Waals surface area (Å²) in [5.41, 5.74) is 0. The summed E-state index contributed by atoms with van der Waals surface area (Å²) in [6, 6.07) is 1.82. The lowest BCUT2D eigenvalue weighted by Crippen LogP contribution is -1.97. The molecule has 0 amide bonds. The van der Waals surface area contributed by atoms with Gasteiger partial charge < -0.3 is 4.74 Å². The van der Waals surface area contributed by atoms with Crippen molar-refractivity contribution in [2.24, 2.45) is 0 Å². The van der Waals surface area contributed by atoms with E-state index in [-0.39, 0.29) is 5.97 Å². The molecule has 2 nitrogen and oxygen atoms in total. The van der Waals surface area contributed by atoms with Crippen molar-refractivity contribution >= 4 is 33.2 Å². The maximum atomic E-state index is 10.9. The molecule has 0 N–H and O–H groups in total. The van der Waals surface area contributed by atoms with E-state index in [1.807, 2.05) is 25.3 Å². The third-order valence-electron chi connectivity index (χ3n) is 0.988. The Kier molecular flexibility index (Phi) is 6.02. The van der Waals surface area contributed by atoms with Crippen LogP contribution in [0.15, 0.2) is 15.9 Å². The SMILES string of the molecule is CC.COC(=O)c1sccc1Br. The summed E-state index contributed by atoms with van der Waals surface area (Å²) in [6.07, 6.45) is 0. The summed E-state index contributed by atoms with van der Waals surface area (Å²) in [5, 5.41) is 1.83. The van der Waals surface area contributed by atoms with E-state index in [4.69, 9.17) is 0 Å². The van der Waals surface area contributed by atoms with E-state index in [1.54, 1.807) is 0 Å². The maximum Gasteiger partial charge on any atom is 0.349 e. The van der Waals surface area contributed by atoms with Gasteiger partial charge in [-0.2, -0.15) is 0 Å². The van der Waals surface area contributed by atoms with Crippen LogP contribution in [0.5, 0.6) is 0 Å². The summed E-state index contributed by atoms with van der Waals surface area (Å²) in [4.78, 5) is 11.5. The van der Waals surface area contributed by atoms with Gasteiger partial charge in [0.25, 0.3) is 0 Å². The third-order valence-corrected chi connectivity index (χ3v) is 2.81. The van der Waals surface area contributed by atoms with E-state index in [0.29, 0.717) is 4.88 Å². The molecule has 4 heteroatoms. The molecule has 0 fully saturated rings. The molecule has 0 unspecified atom stereocenters. The lowest BCUT2D eigenvalue weighted by molar-refractivity contribution is 0.0605. The number of hydrogen-bond acceptors (Lipinski definition) is 3. The Hall–Kier alpha value is -0.350. The second kappa shape index (κ2) is 6.20. The van der Waals surface area contributed by atoms with Crippen LogP contribution in [-0.2, 0) is 4.74 Å². The molecule has 0 aliphatic carbocycles. The number of methoxy groups -OCH3 is 1. The first-order valence-corrected chi connectivity index (χ1v) is 5.24. The molecule has 1 heterocycles. The van der Waals surface area contributed by atoms with Crippen LogP contribution in [-0.4, -0.2) is 13.1 Å². The number of halogens is 1. The van der Waals surface area contributed by atoms with E-state index in [2.05, 4.69) is 20.7 Å². The number of hydrogen-bond donors (Lipinski definition) is 0. The van der Waals surface area contributed by atoms with E-state index >= 15 is 0 Å². The Balaban J connectivity index is 0.000000561. The summed E-state index contributed by atoms with van der Waals surface area (Å²) in [6.45, 7) is 4.00. The molecule has 0 radical (unpaired) electrons. The van der Waals surface area contributed by atoms with E-state index < -0.39 is 0 Å². The summed E-state index contributed by atoms with van der Waals surface area (Å²) in [7, 11) is 1.37. The van der Waals surface area contributed by atoms with Gasteiger partial charge >= 0.3 is 5.97 Å². The van der Waals surface area contributed by atoms with Crippen LogP contribution >= 0.6 is 27.3 Å². The maximum absolute atomic E-state index is 10.9. The Bertz CT molecular complexity index is 245. The molecule has 1 aromatic rings. The number of carbonyl (C=O) groups is 1. The minimum absolute atomic E-state index is 0.290. The topological polar surface area (TPSA) is 26.3 Å². The smallest absolute Gasteiger partial charge is 0.349 e. The van der Waals surface area contributed by atoms with Gasteiger partial charge in [0, 0.05) is 4.47 Å². The highest BCUT2D eigenvalue weighted by Crippen LogP contribution is 2.22.